The molecule has 2 heterocycles. The molecule has 0 spiro atoms. The van der Waals surface area contributed by atoms with E-state index in [1.165, 1.54) is 12.1 Å². The highest BCUT2D eigenvalue weighted by molar-refractivity contribution is 7.72. The molecule has 11 heteroatoms. The summed E-state index contributed by atoms with van der Waals surface area (Å²) in [6, 6.07) is 20.1. The van der Waals surface area contributed by atoms with Crippen LogP contribution in [0.25, 0.3) is 16.8 Å². The van der Waals surface area contributed by atoms with Crippen LogP contribution in [0.5, 0.6) is 5.75 Å². The Balaban J connectivity index is 1.67. The second-order valence-electron chi connectivity index (χ2n) is 7.71. The molecule has 0 aliphatic heterocycles. The van der Waals surface area contributed by atoms with Gasteiger partial charge in [-0.15, -0.1) is 11.3 Å². The van der Waals surface area contributed by atoms with E-state index in [-0.39, 0.29) is 17.2 Å². The average Bonchev–Trinajstić information content (AvgIpc) is 3.38. The number of nitrogens with one attached hydrogen (secondary N) is 2. The zero-order valence-electron chi connectivity index (χ0n) is 19.0. The standard InChI is InChI=1S/C26H20F3N3O3S2/c27-26(28,29)25(30)14-22(24-13-18(16-36-24)17-6-5-8-20(12-17)37(33)34)32-21-9-1-2-10-23(21)35-15-19-7-3-4-11-31-19/h1-14,16,30,32,37H,15H2/b22-14-,30-25?. The lowest BCUT2D eigenvalue weighted by Gasteiger charge is -2.15. The van der Waals surface area contributed by atoms with Crippen LogP contribution in [0.2, 0.25) is 0 Å². The van der Waals surface area contributed by atoms with Crippen LogP contribution in [0.1, 0.15) is 10.6 Å². The van der Waals surface area contributed by atoms with Gasteiger partial charge in [-0.1, -0.05) is 30.3 Å². The fraction of sp³-hybridized carbons (Fsp3) is 0.0769. The van der Waals surface area contributed by atoms with Crippen LogP contribution in [0.15, 0.2) is 95.3 Å². The summed E-state index contributed by atoms with van der Waals surface area (Å²) in [5.74, 6) is 0.390. The number of anilines is 1. The van der Waals surface area contributed by atoms with E-state index in [1.54, 1.807) is 66.2 Å². The number of hydrogen-bond acceptors (Lipinski definition) is 7. The Morgan fingerprint density at radius 3 is 2.54 bits per heavy atom. The molecule has 0 aliphatic carbocycles. The number of hydrogen-bond donors (Lipinski definition) is 3. The van der Waals surface area contributed by atoms with Gasteiger partial charge in [0.05, 0.1) is 26.9 Å². The number of allylic oxidation sites excluding steroid dienone is 1. The fourth-order valence-electron chi connectivity index (χ4n) is 3.30. The zero-order chi connectivity index (χ0) is 26.4. The summed E-state index contributed by atoms with van der Waals surface area (Å²) in [4.78, 5) is 4.75. The number of rotatable bonds is 9. The summed E-state index contributed by atoms with van der Waals surface area (Å²) < 4.78 is 68.4. The minimum Gasteiger partial charge on any atom is -0.485 e. The summed E-state index contributed by atoms with van der Waals surface area (Å²) >= 11 is 1.16. The molecule has 2 aromatic heterocycles. The van der Waals surface area contributed by atoms with Crippen LogP contribution < -0.4 is 10.1 Å². The molecular weight excluding hydrogens is 523 g/mol. The number of thiophene rings is 1. The van der Waals surface area contributed by atoms with Gasteiger partial charge in [-0.3, -0.25) is 10.4 Å². The number of nitrogens with zero attached hydrogens (tertiary/aromatic N) is 1. The topological polar surface area (TPSA) is 92.1 Å². The first-order chi connectivity index (χ1) is 17.7. The molecule has 0 unspecified atom stereocenters. The predicted octanol–water partition coefficient (Wildman–Crippen LogP) is 6.39. The number of alkyl halides is 3. The minimum atomic E-state index is -4.84. The first-order valence-electron chi connectivity index (χ1n) is 10.8. The van der Waals surface area contributed by atoms with Gasteiger partial charge in [-0.25, -0.2) is 8.42 Å². The molecule has 4 rings (SSSR count). The third kappa shape index (κ3) is 6.83. The van der Waals surface area contributed by atoms with Crippen molar-refractivity contribution >= 4 is 39.1 Å². The molecule has 2 N–H and O–H groups in total. The zero-order valence-corrected chi connectivity index (χ0v) is 20.7. The monoisotopic (exact) mass is 543 g/mol. The Bertz CT molecular complexity index is 1510. The molecule has 0 aliphatic rings. The molecule has 0 saturated heterocycles. The number of benzene rings is 2. The number of aromatic nitrogens is 1. The van der Waals surface area contributed by atoms with Crippen molar-refractivity contribution < 1.29 is 26.3 Å². The van der Waals surface area contributed by atoms with Gasteiger partial charge in [-0.05, 0) is 65.0 Å². The molecule has 0 bridgehead atoms. The van der Waals surface area contributed by atoms with E-state index < -0.39 is 22.6 Å². The first-order valence-corrected chi connectivity index (χ1v) is 12.9. The second kappa shape index (κ2) is 11.4. The largest absolute Gasteiger partial charge is 0.485 e. The molecule has 6 nitrogen and oxygen atoms in total. The maximum Gasteiger partial charge on any atom is 0.432 e. The Kier molecular flexibility index (Phi) is 8.04. The summed E-state index contributed by atoms with van der Waals surface area (Å²) in [6.07, 6.45) is -2.49. The van der Waals surface area contributed by atoms with Gasteiger partial charge >= 0.3 is 6.18 Å². The van der Waals surface area contributed by atoms with Crippen LogP contribution in [0.3, 0.4) is 0 Å². The van der Waals surface area contributed by atoms with Gasteiger partial charge in [-0.2, -0.15) is 13.2 Å². The molecule has 190 valence electrons. The molecule has 37 heavy (non-hydrogen) atoms. The van der Waals surface area contributed by atoms with Crippen LogP contribution in [0, 0.1) is 5.41 Å². The van der Waals surface area contributed by atoms with E-state index in [9.17, 15) is 21.6 Å². The Labute approximate surface area is 216 Å². The van der Waals surface area contributed by atoms with Gasteiger partial charge in [0.2, 0.25) is 0 Å². The molecule has 0 radical (unpaired) electrons. The minimum absolute atomic E-state index is 0.0403. The van der Waals surface area contributed by atoms with E-state index >= 15 is 0 Å². The molecule has 0 fully saturated rings. The Morgan fingerprint density at radius 2 is 1.81 bits per heavy atom. The van der Waals surface area contributed by atoms with Gasteiger partial charge in [0, 0.05) is 6.20 Å². The fourth-order valence-corrected chi connectivity index (χ4v) is 4.64. The van der Waals surface area contributed by atoms with Crippen molar-refractivity contribution in [1.29, 1.82) is 5.41 Å². The van der Waals surface area contributed by atoms with E-state index in [0.29, 0.717) is 33.1 Å². The maximum atomic E-state index is 13.3. The highest BCUT2D eigenvalue weighted by Crippen LogP contribution is 2.34. The highest BCUT2D eigenvalue weighted by atomic mass is 32.2. The molecule has 4 aromatic rings. The number of halogens is 3. The molecule has 0 atom stereocenters. The van der Waals surface area contributed by atoms with Crippen molar-refractivity contribution in [3.05, 3.63) is 101 Å². The first kappa shape index (κ1) is 26.1. The summed E-state index contributed by atoms with van der Waals surface area (Å²) in [7, 11) is -2.78. The summed E-state index contributed by atoms with van der Waals surface area (Å²) in [6.45, 7) is 0.151. The number of thiol groups is 1. The lowest BCUT2D eigenvalue weighted by atomic mass is 10.1. The van der Waals surface area contributed by atoms with Crippen molar-refractivity contribution in [2.45, 2.75) is 17.7 Å². The summed E-state index contributed by atoms with van der Waals surface area (Å²) in [5.41, 5.74) is 0.825. The van der Waals surface area contributed by atoms with Gasteiger partial charge in [0.15, 0.2) is 10.7 Å². The smallest absolute Gasteiger partial charge is 0.432 e. The number of para-hydroxylation sites is 2. The molecule has 0 saturated carbocycles. The van der Waals surface area contributed by atoms with E-state index in [1.807, 2.05) is 6.07 Å². The van der Waals surface area contributed by atoms with Crippen molar-refractivity contribution in [2.75, 3.05) is 5.32 Å². The van der Waals surface area contributed by atoms with Crippen molar-refractivity contribution in [2.24, 2.45) is 0 Å². The number of pyridine rings is 1. The highest BCUT2D eigenvalue weighted by Gasteiger charge is 2.33. The Morgan fingerprint density at radius 1 is 1.03 bits per heavy atom. The lowest BCUT2D eigenvalue weighted by Crippen LogP contribution is -2.20. The Hall–Kier alpha value is -3.96. The maximum absolute atomic E-state index is 13.3. The molecular formula is C26H20F3N3O3S2. The van der Waals surface area contributed by atoms with Crippen LogP contribution in [-0.2, 0) is 17.3 Å². The van der Waals surface area contributed by atoms with Gasteiger partial charge < -0.3 is 10.1 Å². The van der Waals surface area contributed by atoms with Crippen molar-refractivity contribution in [1.82, 2.24) is 4.98 Å². The van der Waals surface area contributed by atoms with E-state index in [0.717, 1.165) is 17.4 Å². The van der Waals surface area contributed by atoms with Gasteiger partial charge in [0.1, 0.15) is 18.1 Å². The summed E-state index contributed by atoms with van der Waals surface area (Å²) in [5, 5.41) is 12.2. The molecule has 0 amide bonds. The third-order valence-corrected chi connectivity index (χ3v) is 6.77. The predicted molar refractivity (Wildman–Crippen MR) is 139 cm³/mol. The lowest BCUT2D eigenvalue weighted by molar-refractivity contribution is -0.0583. The van der Waals surface area contributed by atoms with E-state index in [4.69, 9.17) is 10.1 Å². The second-order valence-corrected chi connectivity index (χ2v) is 9.65. The molecule has 2 aromatic carbocycles. The quantitative estimate of drug-likeness (QED) is 0.168. The van der Waals surface area contributed by atoms with E-state index in [2.05, 4.69) is 10.3 Å². The number of ether oxygens (including phenoxy) is 1. The van der Waals surface area contributed by atoms with Crippen LogP contribution >= 0.6 is 11.3 Å². The van der Waals surface area contributed by atoms with Crippen LogP contribution in [-0.4, -0.2) is 25.3 Å². The third-order valence-electron chi connectivity index (χ3n) is 5.11. The van der Waals surface area contributed by atoms with Crippen molar-refractivity contribution in [3.8, 4) is 16.9 Å². The normalized spacial score (nSPS) is 11.9. The average molecular weight is 544 g/mol. The van der Waals surface area contributed by atoms with Gasteiger partial charge in [0.25, 0.3) is 0 Å². The SMILES string of the molecule is N=C(/C=C(\Nc1ccccc1OCc1ccccn1)c1cc(-c2cccc([SH](=O)=O)c2)cs1)C(F)(F)F. The van der Waals surface area contributed by atoms with Crippen molar-refractivity contribution in [3.63, 3.8) is 0 Å². The van der Waals surface area contributed by atoms with Crippen LogP contribution in [0.4, 0.5) is 18.9 Å².